The van der Waals surface area contributed by atoms with Crippen molar-refractivity contribution >= 4 is 23.2 Å². The first-order valence-electron chi connectivity index (χ1n) is 4.30. The fourth-order valence-corrected chi connectivity index (χ4v) is 1.14. The van der Waals surface area contributed by atoms with Gasteiger partial charge in [0.15, 0.2) is 0 Å². The van der Waals surface area contributed by atoms with Crippen LogP contribution in [0.15, 0.2) is 54.6 Å². The molecule has 0 fully saturated rings. The van der Waals surface area contributed by atoms with Gasteiger partial charge in [-0.1, -0.05) is 53.5 Å². The molecule has 2 rings (SSSR count). The van der Waals surface area contributed by atoms with Gasteiger partial charge in [0.05, 0.1) is 5.02 Å². The number of benzene rings is 2. The van der Waals surface area contributed by atoms with Gasteiger partial charge in [0.25, 0.3) is 0 Å². The van der Waals surface area contributed by atoms with Gasteiger partial charge in [0.1, 0.15) is 5.82 Å². The molecule has 0 unspecified atom stereocenters. The molecule has 0 spiro atoms. The molecule has 2 aromatic rings. The molecule has 0 aliphatic heterocycles. The fraction of sp³-hybridized carbons (Fsp3) is 0. The van der Waals surface area contributed by atoms with Crippen molar-refractivity contribution in [1.29, 1.82) is 0 Å². The van der Waals surface area contributed by atoms with Crippen LogP contribution in [-0.4, -0.2) is 0 Å². The van der Waals surface area contributed by atoms with Crippen molar-refractivity contribution in [3.05, 3.63) is 70.5 Å². The predicted octanol–water partition coefficient (Wildman–Crippen LogP) is 4.82. The van der Waals surface area contributed by atoms with Gasteiger partial charge in [0, 0.05) is 5.02 Å². The molecule has 0 amide bonds. The predicted molar refractivity (Wildman–Crippen MR) is 62.9 cm³/mol. The Morgan fingerprint density at radius 1 is 0.733 bits per heavy atom. The Hall–Kier alpha value is -1.05. The van der Waals surface area contributed by atoms with E-state index in [4.69, 9.17) is 23.2 Å². The molecule has 0 aliphatic rings. The van der Waals surface area contributed by atoms with E-state index in [1.165, 1.54) is 12.1 Å². The molecule has 0 atom stereocenters. The minimum absolute atomic E-state index is 0.174. The van der Waals surface area contributed by atoms with Gasteiger partial charge in [-0.05, 0) is 24.3 Å². The van der Waals surface area contributed by atoms with Gasteiger partial charge >= 0.3 is 0 Å². The minimum atomic E-state index is -0.367. The molecule has 15 heavy (non-hydrogen) atoms. The van der Waals surface area contributed by atoms with Crippen molar-refractivity contribution in [2.45, 2.75) is 0 Å². The summed E-state index contributed by atoms with van der Waals surface area (Å²) < 4.78 is 12.2. The molecule has 0 N–H and O–H groups in total. The van der Waals surface area contributed by atoms with Crippen molar-refractivity contribution < 1.29 is 4.39 Å². The molecular formula is C12H9Cl2F. The summed E-state index contributed by atoms with van der Waals surface area (Å²) in [4.78, 5) is 0. The third-order valence-electron chi connectivity index (χ3n) is 1.56. The van der Waals surface area contributed by atoms with Crippen molar-refractivity contribution in [2.24, 2.45) is 0 Å². The first-order valence-corrected chi connectivity index (χ1v) is 5.06. The Morgan fingerprint density at radius 2 is 1.27 bits per heavy atom. The van der Waals surface area contributed by atoms with E-state index in [0.717, 1.165) is 5.02 Å². The smallest absolute Gasteiger partial charge is 0.141 e. The second-order valence-corrected chi connectivity index (χ2v) is 3.55. The molecule has 78 valence electrons. The molecule has 0 radical (unpaired) electrons. The Labute approximate surface area is 98.3 Å². The van der Waals surface area contributed by atoms with Crippen molar-refractivity contribution in [3.8, 4) is 0 Å². The van der Waals surface area contributed by atoms with Crippen molar-refractivity contribution in [1.82, 2.24) is 0 Å². The second kappa shape index (κ2) is 6.44. The lowest BCUT2D eigenvalue weighted by Gasteiger charge is -1.86. The van der Waals surface area contributed by atoms with Gasteiger partial charge < -0.3 is 0 Å². The average Bonchev–Trinajstić information content (AvgIpc) is 2.25. The monoisotopic (exact) mass is 242 g/mol. The Morgan fingerprint density at radius 3 is 1.60 bits per heavy atom. The van der Waals surface area contributed by atoms with Crippen LogP contribution in [0.4, 0.5) is 4.39 Å². The third-order valence-corrected chi connectivity index (χ3v) is 2.12. The number of hydrogen-bond acceptors (Lipinski definition) is 0. The number of rotatable bonds is 0. The van der Waals surface area contributed by atoms with E-state index < -0.39 is 0 Å². The van der Waals surface area contributed by atoms with Crippen LogP contribution in [0.2, 0.25) is 10.0 Å². The van der Waals surface area contributed by atoms with Crippen LogP contribution in [-0.2, 0) is 0 Å². The Kier molecular flexibility index (Phi) is 5.16. The molecule has 0 saturated carbocycles. The second-order valence-electron chi connectivity index (χ2n) is 2.71. The first kappa shape index (κ1) is 12.0. The lowest BCUT2D eigenvalue weighted by atomic mass is 10.4. The van der Waals surface area contributed by atoms with E-state index >= 15 is 0 Å². The van der Waals surface area contributed by atoms with Crippen LogP contribution < -0.4 is 0 Å². The van der Waals surface area contributed by atoms with Gasteiger partial charge in [-0.2, -0.15) is 0 Å². The summed E-state index contributed by atoms with van der Waals surface area (Å²) in [6.07, 6.45) is 0. The highest BCUT2D eigenvalue weighted by Gasteiger charge is 1.91. The van der Waals surface area contributed by atoms with Crippen molar-refractivity contribution in [3.63, 3.8) is 0 Å². The van der Waals surface area contributed by atoms with Gasteiger partial charge in [0.2, 0.25) is 0 Å². The standard InChI is InChI=1S/C6H4ClF.C6H5Cl/c7-5-3-1-2-4-6(5)8;7-6-4-2-1-3-5-6/h1-4H;1-5H. The van der Waals surface area contributed by atoms with Gasteiger partial charge in [-0.15, -0.1) is 0 Å². The molecule has 0 bridgehead atoms. The van der Waals surface area contributed by atoms with Crippen LogP contribution in [0.25, 0.3) is 0 Å². The molecule has 0 nitrogen and oxygen atoms in total. The fourth-order valence-electron chi connectivity index (χ4n) is 0.854. The lowest BCUT2D eigenvalue weighted by molar-refractivity contribution is 0.628. The maximum Gasteiger partial charge on any atom is 0.141 e. The van der Waals surface area contributed by atoms with Gasteiger partial charge in [-0.25, -0.2) is 4.39 Å². The van der Waals surface area contributed by atoms with Crippen LogP contribution in [0.3, 0.4) is 0 Å². The maximum atomic E-state index is 12.2. The largest absolute Gasteiger partial charge is 0.205 e. The zero-order chi connectivity index (χ0) is 11.1. The minimum Gasteiger partial charge on any atom is -0.205 e. The third kappa shape index (κ3) is 4.82. The summed E-state index contributed by atoms with van der Waals surface area (Å²) in [7, 11) is 0. The molecule has 3 heteroatoms. The van der Waals surface area contributed by atoms with E-state index in [-0.39, 0.29) is 10.8 Å². The maximum absolute atomic E-state index is 12.2. The van der Waals surface area contributed by atoms with Gasteiger partial charge in [-0.3, -0.25) is 0 Å². The molecule has 0 aromatic heterocycles. The average molecular weight is 243 g/mol. The topological polar surface area (TPSA) is 0 Å². The zero-order valence-electron chi connectivity index (χ0n) is 7.83. The number of hydrogen-bond donors (Lipinski definition) is 0. The molecular weight excluding hydrogens is 234 g/mol. The lowest BCUT2D eigenvalue weighted by Crippen LogP contribution is -1.70. The molecule has 0 aliphatic carbocycles. The number of halogens is 3. The van der Waals surface area contributed by atoms with E-state index in [2.05, 4.69) is 0 Å². The Balaban J connectivity index is 0.000000151. The quantitative estimate of drug-likeness (QED) is 0.622. The van der Waals surface area contributed by atoms with Crippen molar-refractivity contribution in [2.75, 3.05) is 0 Å². The summed E-state index contributed by atoms with van der Waals surface area (Å²) in [5.74, 6) is -0.367. The summed E-state index contributed by atoms with van der Waals surface area (Å²) in [6, 6.07) is 15.6. The van der Waals surface area contributed by atoms with Crippen LogP contribution in [0.1, 0.15) is 0 Å². The van der Waals surface area contributed by atoms with E-state index in [1.807, 2.05) is 30.3 Å². The van der Waals surface area contributed by atoms with E-state index in [0.29, 0.717) is 0 Å². The summed E-state index contributed by atoms with van der Waals surface area (Å²) in [6.45, 7) is 0. The molecule has 0 saturated heterocycles. The van der Waals surface area contributed by atoms with E-state index in [9.17, 15) is 4.39 Å². The molecule has 0 heterocycles. The van der Waals surface area contributed by atoms with Crippen LogP contribution in [0, 0.1) is 5.82 Å². The summed E-state index contributed by atoms with van der Waals surface area (Å²) >= 11 is 10.9. The summed E-state index contributed by atoms with van der Waals surface area (Å²) in [5, 5.41) is 0.968. The zero-order valence-corrected chi connectivity index (χ0v) is 9.34. The van der Waals surface area contributed by atoms with Crippen LogP contribution >= 0.6 is 23.2 Å². The Bertz CT molecular complexity index is 380. The normalized spacial score (nSPS) is 9.00. The SMILES string of the molecule is Clc1ccccc1.Fc1ccccc1Cl. The van der Waals surface area contributed by atoms with E-state index in [1.54, 1.807) is 12.1 Å². The highest BCUT2D eigenvalue weighted by atomic mass is 35.5. The highest BCUT2D eigenvalue weighted by molar-refractivity contribution is 6.30. The molecule has 2 aromatic carbocycles. The highest BCUT2D eigenvalue weighted by Crippen LogP contribution is 2.11. The summed E-state index contributed by atoms with van der Waals surface area (Å²) in [5.41, 5.74) is 0. The van der Waals surface area contributed by atoms with Crippen LogP contribution in [0.5, 0.6) is 0 Å². The first-order chi connectivity index (χ1) is 7.20.